The Morgan fingerprint density at radius 2 is 1.29 bits per heavy atom. The van der Waals surface area contributed by atoms with Crippen molar-refractivity contribution in [2.24, 2.45) is 5.41 Å². The molecule has 0 spiro atoms. The van der Waals surface area contributed by atoms with E-state index >= 15 is 0 Å². The van der Waals surface area contributed by atoms with Crippen molar-refractivity contribution in [2.75, 3.05) is 0 Å². The predicted octanol–water partition coefficient (Wildman–Crippen LogP) is 14.4. The van der Waals surface area contributed by atoms with Gasteiger partial charge in [0, 0.05) is 42.8 Å². The number of aromatic nitrogens is 3. The van der Waals surface area contributed by atoms with Crippen molar-refractivity contribution in [3.05, 3.63) is 194 Å². The van der Waals surface area contributed by atoms with Gasteiger partial charge in [0.2, 0.25) is 0 Å². The zero-order valence-electron chi connectivity index (χ0n) is 36.0. The van der Waals surface area contributed by atoms with Crippen LogP contribution in [0.3, 0.4) is 0 Å². The van der Waals surface area contributed by atoms with Crippen molar-refractivity contribution in [3.63, 3.8) is 0 Å². The van der Waals surface area contributed by atoms with E-state index in [1.807, 2.05) is 48.5 Å². The molecule has 7 aromatic carbocycles. The zero-order chi connectivity index (χ0) is 42.1. The predicted molar refractivity (Wildman–Crippen MR) is 258 cm³/mol. The van der Waals surface area contributed by atoms with E-state index in [0.717, 1.165) is 90.0 Å². The smallest absolute Gasteiger partial charge is 0.120 e. The van der Waals surface area contributed by atoms with Crippen molar-refractivity contribution in [1.82, 2.24) is 14.5 Å². The van der Waals surface area contributed by atoms with Crippen LogP contribution in [-0.2, 0) is 26.5 Å². The molecule has 6 heteroatoms. The van der Waals surface area contributed by atoms with E-state index in [1.54, 1.807) is 0 Å². The van der Waals surface area contributed by atoms with Crippen molar-refractivity contribution in [1.29, 1.82) is 0 Å². The second kappa shape index (κ2) is 17.7. The molecule has 0 bridgehead atoms. The van der Waals surface area contributed by atoms with E-state index in [4.69, 9.17) is 14.4 Å². The van der Waals surface area contributed by atoms with E-state index < -0.39 is 8.07 Å². The molecule has 3 aromatic heterocycles. The van der Waals surface area contributed by atoms with Crippen LogP contribution in [0.25, 0.3) is 83.6 Å². The number of benzene rings is 7. The maximum absolute atomic E-state index is 6.47. The normalized spacial score (nSPS) is 11.6. The van der Waals surface area contributed by atoms with Gasteiger partial charge < -0.3 is 14.0 Å². The van der Waals surface area contributed by atoms with Crippen molar-refractivity contribution >= 4 is 46.2 Å². The summed E-state index contributed by atoms with van der Waals surface area (Å²) < 4.78 is 8.76. The summed E-state index contributed by atoms with van der Waals surface area (Å²) in [7, 11) is -1.37. The first-order chi connectivity index (χ1) is 29.5. The Kier molecular flexibility index (Phi) is 12.1. The molecular weight excluding hydrogens is 951 g/mol. The first kappa shape index (κ1) is 42.5. The summed E-state index contributed by atoms with van der Waals surface area (Å²) in [4.78, 5) is 9.93. The molecule has 62 heavy (non-hydrogen) atoms. The van der Waals surface area contributed by atoms with Crippen LogP contribution in [0.4, 0.5) is 0 Å². The van der Waals surface area contributed by atoms with Gasteiger partial charge in [-0.25, -0.2) is 0 Å². The van der Waals surface area contributed by atoms with Gasteiger partial charge in [-0.15, -0.1) is 54.1 Å². The molecule has 1 radical (unpaired) electrons. The molecule has 10 rings (SSSR count). The van der Waals surface area contributed by atoms with Crippen molar-refractivity contribution in [3.8, 4) is 50.6 Å². The molecule has 0 fully saturated rings. The summed E-state index contributed by atoms with van der Waals surface area (Å²) in [5, 5.41) is 3.63. The Balaban J connectivity index is 0.000000205. The van der Waals surface area contributed by atoms with Gasteiger partial charge in [-0.1, -0.05) is 172 Å². The van der Waals surface area contributed by atoms with E-state index in [-0.39, 0.29) is 25.5 Å². The number of hydrogen-bond acceptors (Lipinski definition) is 3. The Morgan fingerprint density at radius 3 is 1.95 bits per heavy atom. The van der Waals surface area contributed by atoms with Gasteiger partial charge in [0.1, 0.15) is 5.58 Å². The van der Waals surface area contributed by atoms with Crippen LogP contribution < -0.4 is 5.19 Å². The van der Waals surface area contributed by atoms with E-state index in [2.05, 4.69) is 185 Å². The fraction of sp³-hybridized carbons (Fsp3) is 0.143. The molecule has 10 aromatic rings. The van der Waals surface area contributed by atoms with Crippen LogP contribution in [0.2, 0.25) is 19.6 Å². The fourth-order valence-electron chi connectivity index (χ4n) is 8.35. The number of para-hydroxylation sites is 4. The molecule has 0 aliphatic rings. The maximum Gasteiger partial charge on any atom is 0.120 e. The van der Waals surface area contributed by atoms with E-state index in [1.165, 1.54) is 10.8 Å². The Hall–Kier alpha value is -6.17. The monoisotopic (exact) mass is 1000 g/mol. The van der Waals surface area contributed by atoms with Crippen LogP contribution >= 0.6 is 0 Å². The summed E-state index contributed by atoms with van der Waals surface area (Å²) in [5.74, 6) is 0.798. The van der Waals surface area contributed by atoms with Gasteiger partial charge in [-0.2, -0.15) is 0 Å². The van der Waals surface area contributed by atoms with E-state index in [0.29, 0.717) is 0 Å². The van der Waals surface area contributed by atoms with Crippen LogP contribution in [-0.4, -0.2) is 22.6 Å². The van der Waals surface area contributed by atoms with Gasteiger partial charge >= 0.3 is 0 Å². The minimum absolute atomic E-state index is 0. The maximum atomic E-state index is 6.47. The molecule has 0 saturated carbocycles. The third-order valence-electron chi connectivity index (χ3n) is 11.1. The Labute approximate surface area is 379 Å². The second-order valence-corrected chi connectivity index (χ2v) is 22.9. The van der Waals surface area contributed by atoms with Crippen LogP contribution in [0, 0.1) is 17.5 Å². The SMILES string of the molecule is CC(C)(C)Cc1cc(-c2[c-]cccc2)ncc1[Si](C)(C)C.[Ir].[c-]1ccc2c(oc3ccccc32)c1-c1nc2ccccc2n1-c1c(-c2ccccc2)cccc1-c1ccccc1. The standard InChI is InChI=1S/C37H23N2O.C19H26NSi.Ir/c1-3-13-25(14-4-1)27-18-11-19-28(26-15-5-2-6-16-26)35(27)39-33-23-9-8-22-32(33)38-37(39)31-21-12-20-30-29-17-7-10-24-34(29)40-36(30)31;1-19(2,3)13-16-12-17(15-10-8-7-9-11-15)20-14-18(16)21(4,5)6;/h1-20,22-24H;7-10,12,14H,13H2,1-6H3;/q2*-1;. The summed E-state index contributed by atoms with van der Waals surface area (Å²) in [6.07, 6.45) is 3.21. The molecular formula is C56H49IrN3OSi-2. The summed E-state index contributed by atoms with van der Waals surface area (Å²) in [6, 6.07) is 65.3. The largest absolute Gasteiger partial charge is 0.501 e. The number of hydrogen-bond donors (Lipinski definition) is 0. The average Bonchev–Trinajstić information content (AvgIpc) is 3.85. The first-order valence-electron chi connectivity index (χ1n) is 21.0. The van der Waals surface area contributed by atoms with E-state index in [9.17, 15) is 0 Å². The average molecular weight is 1000 g/mol. The minimum atomic E-state index is -1.37. The topological polar surface area (TPSA) is 43.9 Å². The number of furan rings is 1. The van der Waals surface area contributed by atoms with Crippen molar-refractivity contribution < 1.29 is 24.5 Å². The number of pyridine rings is 1. The molecule has 4 nitrogen and oxygen atoms in total. The van der Waals surface area contributed by atoms with Crippen molar-refractivity contribution in [2.45, 2.75) is 46.8 Å². The summed E-state index contributed by atoms with van der Waals surface area (Å²) in [6.45, 7) is 14.1. The number of imidazole rings is 1. The zero-order valence-corrected chi connectivity index (χ0v) is 39.4. The molecule has 3 heterocycles. The van der Waals surface area contributed by atoms with Crippen LogP contribution in [0.1, 0.15) is 26.3 Å². The van der Waals surface area contributed by atoms with Gasteiger partial charge in [0.15, 0.2) is 0 Å². The summed E-state index contributed by atoms with van der Waals surface area (Å²) in [5.41, 5.74) is 13.9. The molecule has 0 unspecified atom stereocenters. The van der Waals surface area contributed by atoms with Gasteiger partial charge in [-0.3, -0.25) is 4.98 Å². The third-order valence-corrected chi connectivity index (χ3v) is 13.1. The Morgan fingerprint density at radius 1 is 0.645 bits per heavy atom. The van der Waals surface area contributed by atoms with Crippen LogP contribution in [0.5, 0.6) is 0 Å². The minimum Gasteiger partial charge on any atom is -0.501 e. The van der Waals surface area contributed by atoms with Gasteiger partial charge in [-0.05, 0) is 52.0 Å². The van der Waals surface area contributed by atoms with Gasteiger partial charge in [0.25, 0.3) is 0 Å². The molecule has 309 valence electrons. The molecule has 0 aliphatic heterocycles. The second-order valence-electron chi connectivity index (χ2n) is 17.9. The number of nitrogens with zero attached hydrogens (tertiary/aromatic N) is 3. The molecule has 0 amide bonds. The number of rotatable bonds is 7. The molecule has 0 aliphatic carbocycles. The fourth-order valence-corrected chi connectivity index (χ4v) is 9.93. The first-order valence-corrected chi connectivity index (χ1v) is 24.5. The third kappa shape index (κ3) is 8.64. The molecule has 0 saturated heterocycles. The quantitative estimate of drug-likeness (QED) is 0.118. The Bertz CT molecular complexity index is 3070. The summed E-state index contributed by atoms with van der Waals surface area (Å²) >= 11 is 0. The molecule has 0 atom stereocenters. The van der Waals surface area contributed by atoms with Gasteiger partial charge in [0.05, 0.1) is 36.2 Å². The van der Waals surface area contributed by atoms with Crippen LogP contribution in [0.15, 0.2) is 180 Å². The molecule has 0 N–H and O–H groups in total. The number of fused-ring (bicyclic) bond motifs is 4.